The van der Waals surface area contributed by atoms with Gasteiger partial charge in [0.1, 0.15) is 5.75 Å². The van der Waals surface area contributed by atoms with Crippen molar-refractivity contribution in [1.82, 2.24) is 0 Å². The van der Waals surface area contributed by atoms with Crippen LogP contribution in [0, 0.1) is 0 Å². The summed E-state index contributed by atoms with van der Waals surface area (Å²) in [5, 5.41) is 0. The van der Waals surface area contributed by atoms with E-state index in [1.54, 1.807) is 0 Å². The molecule has 0 saturated carbocycles. The lowest BCUT2D eigenvalue weighted by Crippen LogP contribution is -2.59. The minimum absolute atomic E-state index is 0.175. The van der Waals surface area contributed by atoms with Crippen LogP contribution in [0.1, 0.15) is 137 Å². The Labute approximate surface area is 225 Å². The third-order valence-electron chi connectivity index (χ3n) is 6.77. The predicted molar refractivity (Wildman–Crippen MR) is 156 cm³/mol. The van der Waals surface area contributed by atoms with Crippen molar-refractivity contribution in [3.8, 4) is 5.75 Å². The van der Waals surface area contributed by atoms with Crippen LogP contribution in [0.3, 0.4) is 0 Å². The van der Waals surface area contributed by atoms with Gasteiger partial charge in [-0.3, -0.25) is 0 Å². The number of para-hydroxylation sites is 1. The number of unbranched alkanes of at least 4 members (excludes halogenated alkanes) is 15. The molecule has 0 aliphatic heterocycles. The van der Waals surface area contributed by atoms with Gasteiger partial charge in [-0.15, -0.1) is 0 Å². The van der Waals surface area contributed by atoms with E-state index in [9.17, 15) is 0 Å². The van der Waals surface area contributed by atoms with Gasteiger partial charge in [-0.2, -0.15) is 0 Å². The van der Waals surface area contributed by atoms with Crippen LogP contribution in [0.5, 0.6) is 5.75 Å². The van der Waals surface area contributed by atoms with Crippen molar-refractivity contribution in [3.05, 3.63) is 30.3 Å². The number of hydrogen-bond donors (Lipinski definition) is 0. The Kier molecular flexibility index (Phi) is 21.4. The van der Waals surface area contributed by atoms with Gasteiger partial charge in [0.25, 0.3) is 0 Å². The molecule has 36 heavy (non-hydrogen) atoms. The number of benzene rings is 1. The van der Waals surface area contributed by atoms with Crippen LogP contribution < -0.4 is 4.74 Å². The smallest absolute Gasteiger partial charge is 0.486 e. The minimum atomic E-state index is -2.94. The Bertz CT molecular complexity index is 566. The first-order valence-corrected chi connectivity index (χ1v) is 17.2. The molecular weight excluding hydrogens is 464 g/mol. The maximum absolute atomic E-state index is 6.45. The molecule has 0 aromatic heterocycles. The first kappa shape index (κ1) is 33.1. The molecule has 0 fully saturated rings. The molecule has 1 aromatic carbocycles. The summed E-state index contributed by atoms with van der Waals surface area (Å²) in [5.74, 6) is 0.856. The third-order valence-corrected chi connectivity index (χ3v) is 10.0. The fourth-order valence-corrected chi connectivity index (χ4v) is 7.71. The fraction of sp³-hybridized carbons (Fsp3) is 0.806. The summed E-state index contributed by atoms with van der Waals surface area (Å²) in [5.41, 5.74) is -0.175. The Morgan fingerprint density at radius 2 is 0.917 bits per heavy atom. The summed E-state index contributed by atoms with van der Waals surface area (Å²) in [6.07, 6.45) is 22.9. The lowest BCUT2D eigenvalue weighted by Gasteiger charge is -2.35. The molecule has 1 atom stereocenters. The van der Waals surface area contributed by atoms with E-state index in [0.717, 1.165) is 18.6 Å². The first-order valence-electron chi connectivity index (χ1n) is 15.4. The van der Waals surface area contributed by atoms with Crippen LogP contribution in [0.15, 0.2) is 30.3 Å². The van der Waals surface area contributed by atoms with Crippen LogP contribution in [-0.2, 0) is 13.3 Å². The molecule has 0 amide bonds. The highest BCUT2D eigenvalue weighted by molar-refractivity contribution is 6.62. The zero-order chi connectivity index (χ0) is 26.2. The van der Waals surface area contributed by atoms with E-state index in [-0.39, 0.29) is 5.73 Å². The molecule has 0 radical (unpaired) electrons. The summed E-state index contributed by atoms with van der Waals surface area (Å²) in [4.78, 5) is 0. The van der Waals surface area contributed by atoms with Crippen molar-refractivity contribution in [2.45, 2.75) is 143 Å². The highest BCUT2D eigenvalue weighted by Crippen LogP contribution is 2.26. The lowest BCUT2D eigenvalue weighted by molar-refractivity contribution is 0.0265. The van der Waals surface area contributed by atoms with E-state index in [2.05, 4.69) is 6.92 Å². The largest absolute Gasteiger partial charge is 0.543 e. The maximum atomic E-state index is 6.45. The summed E-state index contributed by atoms with van der Waals surface area (Å²) >= 11 is 0. The molecule has 0 saturated heterocycles. The van der Waals surface area contributed by atoms with Crippen molar-refractivity contribution in [2.75, 3.05) is 19.8 Å². The quantitative estimate of drug-likeness (QED) is 0.0896. The number of ether oxygens (including phenoxy) is 1. The molecule has 1 rings (SSSR count). The second kappa shape index (κ2) is 23.2. The minimum Gasteiger partial charge on any atom is -0.486 e. The SMILES string of the molecule is CCCCCCCCCCCCCCCCCCC(Oc1ccccc1)[Si](OCC)(OCC)OCC. The first-order chi connectivity index (χ1) is 17.7. The molecule has 0 spiro atoms. The zero-order valence-corrected chi connectivity index (χ0v) is 25.2. The van der Waals surface area contributed by atoms with Crippen molar-refractivity contribution in [1.29, 1.82) is 0 Å². The van der Waals surface area contributed by atoms with E-state index >= 15 is 0 Å². The molecule has 0 N–H and O–H groups in total. The summed E-state index contributed by atoms with van der Waals surface area (Å²) in [6.45, 7) is 10.0. The summed E-state index contributed by atoms with van der Waals surface area (Å²) < 4.78 is 25.0. The molecule has 1 aromatic rings. The van der Waals surface area contributed by atoms with Gasteiger partial charge in [-0.25, -0.2) is 0 Å². The van der Waals surface area contributed by atoms with E-state index in [4.69, 9.17) is 18.0 Å². The van der Waals surface area contributed by atoms with Crippen molar-refractivity contribution >= 4 is 8.80 Å². The van der Waals surface area contributed by atoms with E-state index in [1.165, 1.54) is 96.3 Å². The highest BCUT2D eigenvalue weighted by atomic mass is 28.4. The molecule has 5 heteroatoms. The summed E-state index contributed by atoms with van der Waals surface area (Å²) in [7, 11) is -2.94. The van der Waals surface area contributed by atoms with Gasteiger partial charge in [-0.1, -0.05) is 121 Å². The Morgan fingerprint density at radius 1 is 0.528 bits per heavy atom. The number of hydrogen-bond acceptors (Lipinski definition) is 4. The fourth-order valence-electron chi connectivity index (χ4n) is 4.86. The standard InChI is InChI=1S/C31H58O4Si/c1-5-9-10-11-12-13-14-15-16-17-18-19-20-21-22-26-29-31(35-30-27-24-23-25-28-30)36(32-6-2,33-7-3)34-8-4/h23-25,27-28,31H,5-22,26,29H2,1-4H3. The van der Waals surface area contributed by atoms with E-state index in [1.807, 2.05) is 51.1 Å². The van der Waals surface area contributed by atoms with Crippen molar-refractivity contribution in [2.24, 2.45) is 0 Å². The molecule has 210 valence electrons. The normalized spacial score (nSPS) is 12.7. The topological polar surface area (TPSA) is 36.9 Å². The average Bonchev–Trinajstić information content (AvgIpc) is 2.88. The molecule has 0 bridgehead atoms. The van der Waals surface area contributed by atoms with Crippen LogP contribution in [0.25, 0.3) is 0 Å². The van der Waals surface area contributed by atoms with Gasteiger partial charge in [0.05, 0.1) is 0 Å². The molecule has 0 heterocycles. The van der Waals surface area contributed by atoms with Crippen molar-refractivity contribution < 1.29 is 18.0 Å². The Morgan fingerprint density at radius 3 is 1.31 bits per heavy atom. The summed E-state index contributed by atoms with van der Waals surface area (Å²) in [6, 6.07) is 10.0. The van der Waals surface area contributed by atoms with Gasteiger partial charge >= 0.3 is 8.80 Å². The number of rotatable bonds is 26. The van der Waals surface area contributed by atoms with Crippen LogP contribution in [-0.4, -0.2) is 34.4 Å². The Balaban J connectivity index is 2.28. The average molecular weight is 523 g/mol. The molecule has 1 unspecified atom stereocenters. The van der Waals surface area contributed by atoms with E-state index in [0.29, 0.717) is 19.8 Å². The van der Waals surface area contributed by atoms with Gasteiger partial charge in [0.15, 0.2) is 5.73 Å². The lowest BCUT2D eigenvalue weighted by atomic mass is 10.0. The Hall–Kier alpha value is -0.883. The second-order valence-corrected chi connectivity index (χ2v) is 12.6. The third kappa shape index (κ3) is 15.4. The predicted octanol–water partition coefficient (Wildman–Crippen LogP) is 9.67. The van der Waals surface area contributed by atoms with Gasteiger partial charge in [-0.05, 0) is 45.7 Å². The molecule has 0 aliphatic carbocycles. The van der Waals surface area contributed by atoms with Gasteiger partial charge < -0.3 is 18.0 Å². The molecule has 4 nitrogen and oxygen atoms in total. The highest BCUT2D eigenvalue weighted by Gasteiger charge is 2.51. The maximum Gasteiger partial charge on any atom is 0.543 e. The van der Waals surface area contributed by atoms with Gasteiger partial charge in [0, 0.05) is 19.8 Å². The zero-order valence-electron chi connectivity index (χ0n) is 24.2. The molecule has 0 aliphatic rings. The second-order valence-electron chi connectivity index (χ2n) is 9.91. The monoisotopic (exact) mass is 522 g/mol. The van der Waals surface area contributed by atoms with Crippen molar-refractivity contribution in [3.63, 3.8) is 0 Å². The van der Waals surface area contributed by atoms with E-state index < -0.39 is 8.80 Å². The molecular formula is C31H58O4Si. The van der Waals surface area contributed by atoms with Crippen LogP contribution in [0.2, 0.25) is 0 Å². The van der Waals surface area contributed by atoms with Crippen LogP contribution >= 0.6 is 0 Å². The van der Waals surface area contributed by atoms with Crippen LogP contribution in [0.4, 0.5) is 0 Å². The van der Waals surface area contributed by atoms with Gasteiger partial charge in [0.2, 0.25) is 0 Å².